The van der Waals surface area contributed by atoms with Gasteiger partial charge in [-0.05, 0) is 110 Å². The first-order chi connectivity index (χ1) is 34.7. The van der Waals surface area contributed by atoms with Crippen molar-refractivity contribution in [2.24, 2.45) is 0 Å². The molecule has 0 amide bonds. The number of benzene rings is 11. The fraction of sp³-hybridized carbons (Fsp3) is 0.0149. The average molecular weight is 891 g/mol. The maximum absolute atomic E-state index is 6.36. The van der Waals surface area contributed by atoms with Gasteiger partial charge in [0, 0.05) is 38.4 Å². The van der Waals surface area contributed by atoms with Crippen molar-refractivity contribution in [2.75, 3.05) is 4.90 Å². The molecular formula is C67H42N2O. The fourth-order valence-electron chi connectivity index (χ4n) is 12.3. The van der Waals surface area contributed by atoms with Crippen molar-refractivity contribution in [1.29, 1.82) is 0 Å². The first-order valence-electron chi connectivity index (χ1n) is 24.2. The van der Waals surface area contributed by atoms with Crippen molar-refractivity contribution in [1.82, 2.24) is 4.57 Å². The van der Waals surface area contributed by atoms with Crippen LogP contribution in [0.4, 0.5) is 17.1 Å². The number of fused-ring (bicyclic) bond motifs is 15. The molecule has 3 nitrogen and oxygen atoms in total. The molecule has 11 aromatic carbocycles. The lowest BCUT2D eigenvalue weighted by Crippen LogP contribution is -2.33. The van der Waals surface area contributed by atoms with E-state index in [1.807, 2.05) is 12.1 Å². The lowest BCUT2D eigenvalue weighted by Gasteiger charge is -2.39. The zero-order valence-corrected chi connectivity index (χ0v) is 38.1. The van der Waals surface area contributed by atoms with Gasteiger partial charge in [0.2, 0.25) is 0 Å². The molecule has 1 aliphatic heterocycles. The molecule has 70 heavy (non-hydrogen) atoms. The molecule has 3 heterocycles. The van der Waals surface area contributed by atoms with Crippen LogP contribution in [0.1, 0.15) is 22.3 Å². The van der Waals surface area contributed by atoms with Crippen LogP contribution in [0.15, 0.2) is 259 Å². The van der Waals surface area contributed by atoms with Crippen molar-refractivity contribution >= 4 is 60.8 Å². The molecule has 0 fully saturated rings. The van der Waals surface area contributed by atoms with Gasteiger partial charge >= 0.3 is 0 Å². The van der Waals surface area contributed by atoms with Crippen molar-refractivity contribution < 1.29 is 4.42 Å². The van der Waals surface area contributed by atoms with Crippen LogP contribution >= 0.6 is 0 Å². The van der Waals surface area contributed by atoms with Crippen LogP contribution in [0.5, 0.6) is 0 Å². The predicted molar refractivity (Wildman–Crippen MR) is 290 cm³/mol. The van der Waals surface area contributed by atoms with Crippen LogP contribution in [-0.2, 0) is 5.41 Å². The number of para-hydroxylation sites is 5. The van der Waals surface area contributed by atoms with Crippen molar-refractivity contribution in [3.05, 3.63) is 277 Å². The minimum absolute atomic E-state index is 0.583. The van der Waals surface area contributed by atoms with Crippen LogP contribution in [-0.4, -0.2) is 4.57 Å². The number of aromatic nitrogens is 1. The first kappa shape index (κ1) is 38.9. The minimum atomic E-state index is -0.583. The van der Waals surface area contributed by atoms with Crippen LogP contribution in [0.25, 0.3) is 93.9 Å². The van der Waals surface area contributed by atoms with Gasteiger partial charge < -0.3 is 13.9 Å². The normalized spacial score (nSPS) is 14.3. The largest absolute Gasteiger partial charge is 0.456 e. The third kappa shape index (κ3) is 5.40. The zero-order chi connectivity index (χ0) is 45.9. The Hall–Kier alpha value is -9.18. The third-order valence-corrected chi connectivity index (χ3v) is 15.2. The molecule has 13 aromatic rings. The maximum atomic E-state index is 6.36. The molecule has 0 saturated heterocycles. The number of rotatable bonds is 6. The number of hydrogen-bond acceptors (Lipinski definition) is 2. The van der Waals surface area contributed by atoms with Gasteiger partial charge in [-0.2, -0.15) is 0 Å². The Morgan fingerprint density at radius 1 is 0.343 bits per heavy atom. The summed E-state index contributed by atoms with van der Waals surface area (Å²) >= 11 is 0. The highest BCUT2D eigenvalue weighted by molar-refractivity contribution is 6.13. The molecule has 2 aliphatic rings. The highest BCUT2D eigenvalue weighted by atomic mass is 16.3. The second-order valence-electron chi connectivity index (χ2n) is 18.7. The average Bonchev–Trinajstić information content (AvgIpc) is 4.09. The zero-order valence-electron chi connectivity index (χ0n) is 38.1. The van der Waals surface area contributed by atoms with E-state index < -0.39 is 5.41 Å². The summed E-state index contributed by atoms with van der Waals surface area (Å²) in [6, 6.07) is 93.7. The molecule has 0 saturated carbocycles. The van der Waals surface area contributed by atoms with Gasteiger partial charge in [-0.1, -0.05) is 200 Å². The van der Waals surface area contributed by atoms with E-state index in [4.69, 9.17) is 4.42 Å². The summed E-state index contributed by atoms with van der Waals surface area (Å²) in [5.74, 6) is 0. The number of furan rings is 1. The lowest BCUT2D eigenvalue weighted by molar-refractivity contribution is 0.669. The Morgan fingerprint density at radius 2 is 0.914 bits per heavy atom. The highest BCUT2D eigenvalue weighted by Crippen LogP contribution is 2.63. The van der Waals surface area contributed by atoms with E-state index in [9.17, 15) is 0 Å². The Balaban J connectivity index is 0.970. The molecular weight excluding hydrogens is 849 g/mol. The smallest absolute Gasteiger partial charge is 0.136 e. The standard InChI is InChI=1S/C67H42N2O/c1-2-16-43(17-3-1)44-32-34-46(35-33-44)49-18-5-10-27-59(49)68(48-39-36-45(37-40-48)47-38-41-52-51-20-7-13-31-63(51)70-64(52)42-47)62-30-15-25-57-65(62)54-21-4-8-23-55(54)67(57)56-24-9-12-29-61(56)69-60-28-11-6-19-50(60)53-22-14-26-58(67)66(53)69/h1-42H. The Kier molecular flexibility index (Phi) is 8.28. The van der Waals surface area contributed by atoms with Gasteiger partial charge in [0.15, 0.2) is 0 Å². The second-order valence-corrected chi connectivity index (χ2v) is 18.7. The Morgan fingerprint density at radius 3 is 1.79 bits per heavy atom. The molecule has 1 unspecified atom stereocenters. The molecule has 3 heteroatoms. The van der Waals surface area contributed by atoms with E-state index in [2.05, 4.69) is 252 Å². The van der Waals surface area contributed by atoms with E-state index in [1.165, 1.54) is 72.0 Å². The summed E-state index contributed by atoms with van der Waals surface area (Å²) in [5.41, 5.74) is 22.8. The summed E-state index contributed by atoms with van der Waals surface area (Å²) in [4.78, 5) is 2.51. The van der Waals surface area contributed by atoms with Crippen LogP contribution in [0, 0.1) is 0 Å². The molecule has 15 rings (SSSR count). The van der Waals surface area contributed by atoms with E-state index in [-0.39, 0.29) is 0 Å². The molecule has 0 N–H and O–H groups in total. The molecule has 1 atom stereocenters. The Labute approximate surface area is 405 Å². The number of nitrogens with zero attached hydrogens (tertiary/aromatic N) is 2. The summed E-state index contributed by atoms with van der Waals surface area (Å²) < 4.78 is 8.88. The van der Waals surface area contributed by atoms with Gasteiger partial charge in [-0.3, -0.25) is 0 Å². The molecule has 1 aliphatic carbocycles. The monoisotopic (exact) mass is 890 g/mol. The highest BCUT2D eigenvalue weighted by Gasteiger charge is 2.51. The van der Waals surface area contributed by atoms with Gasteiger partial charge in [-0.15, -0.1) is 0 Å². The quantitative estimate of drug-likeness (QED) is 0.166. The molecule has 326 valence electrons. The van der Waals surface area contributed by atoms with E-state index in [0.29, 0.717) is 0 Å². The maximum Gasteiger partial charge on any atom is 0.136 e. The molecule has 0 radical (unpaired) electrons. The van der Waals surface area contributed by atoms with Crippen molar-refractivity contribution in [3.63, 3.8) is 0 Å². The van der Waals surface area contributed by atoms with Crippen LogP contribution < -0.4 is 4.90 Å². The Bertz CT molecular complexity index is 4240. The molecule has 2 aromatic heterocycles. The van der Waals surface area contributed by atoms with Crippen molar-refractivity contribution in [3.8, 4) is 50.2 Å². The lowest BCUT2D eigenvalue weighted by atomic mass is 9.65. The van der Waals surface area contributed by atoms with Gasteiger partial charge in [0.1, 0.15) is 11.2 Å². The summed E-state index contributed by atoms with van der Waals surface area (Å²) in [7, 11) is 0. The van der Waals surface area contributed by atoms with Gasteiger partial charge in [0.25, 0.3) is 0 Å². The van der Waals surface area contributed by atoms with E-state index >= 15 is 0 Å². The molecule has 0 bridgehead atoms. The number of hydrogen-bond donors (Lipinski definition) is 0. The SMILES string of the molecule is c1ccc(-c2ccc(-c3ccccc3N(c3ccc(-c4ccc5c(c4)oc4ccccc45)cc3)c3cccc4c3-c3ccccc3C43c4ccccc4-n4c5ccccc5c5cccc3c54)cc2)cc1. The summed E-state index contributed by atoms with van der Waals surface area (Å²) in [5, 5.41) is 4.81. The predicted octanol–water partition coefficient (Wildman–Crippen LogP) is 17.8. The number of anilines is 3. The van der Waals surface area contributed by atoms with Gasteiger partial charge in [0.05, 0.1) is 33.5 Å². The fourth-order valence-corrected chi connectivity index (χ4v) is 12.3. The summed E-state index contributed by atoms with van der Waals surface area (Å²) in [6.45, 7) is 0. The first-order valence-corrected chi connectivity index (χ1v) is 24.2. The molecule has 1 spiro atoms. The second kappa shape index (κ2) is 14.9. The summed E-state index contributed by atoms with van der Waals surface area (Å²) in [6.07, 6.45) is 0. The topological polar surface area (TPSA) is 21.3 Å². The van der Waals surface area contributed by atoms with Crippen LogP contribution in [0.3, 0.4) is 0 Å². The van der Waals surface area contributed by atoms with Gasteiger partial charge in [-0.25, -0.2) is 0 Å². The third-order valence-electron chi connectivity index (χ3n) is 15.2. The minimum Gasteiger partial charge on any atom is -0.456 e. The van der Waals surface area contributed by atoms with E-state index in [1.54, 1.807) is 0 Å². The van der Waals surface area contributed by atoms with Crippen molar-refractivity contribution in [2.45, 2.75) is 5.41 Å². The van der Waals surface area contributed by atoms with Crippen LogP contribution in [0.2, 0.25) is 0 Å². The van der Waals surface area contributed by atoms with E-state index in [0.717, 1.165) is 61.3 Å².